The molecule has 0 spiro atoms. The first kappa shape index (κ1) is 16.6. The normalized spacial score (nSPS) is 10.2. The number of ether oxygens (including phenoxy) is 2. The number of aromatic nitrogens is 2. The zero-order chi connectivity index (χ0) is 15.7. The lowest BCUT2D eigenvalue weighted by atomic mass is 10.2. The van der Waals surface area contributed by atoms with Crippen LogP contribution in [0.2, 0.25) is 0 Å². The van der Waals surface area contributed by atoms with E-state index in [4.69, 9.17) is 15.2 Å². The number of methoxy groups -OCH3 is 2. The fraction of sp³-hybridized carbons (Fsp3) is 0.125. The van der Waals surface area contributed by atoms with Gasteiger partial charge in [-0.2, -0.15) is 0 Å². The van der Waals surface area contributed by atoms with Crippen LogP contribution < -0.4 is 27.6 Å². The minimum absolute atomic E-state index is 0. The molecule has 2 aromatic carbocycles. The molecule has 1 aromatic heterocycles. The maximum atomic E-state index is 12.8. The molecule has 0 unspecified atom stereocenters. The molecule has 0 saturated carbocycles. The zero-order valence-corrected chi connectivity index (χ0v) is 13.4. The highest BCUT2D eigenvalue weighted by atomic mass is 35.5. The maximum Gasteiger partial charge on any atom is 0.265 e. The van der Waals surface area contributed by atoms with Crippen molar-refractivity contribution in [2.75, 3.05) is 20.0 Å². The van der Waals surface area contributed by atoms with Gasteiger partial charge in [-0.25, -0.2) is 9.55 Å². The summed E-state index contributed by atoms with van der Waals surface area (Å²) in [6.07, 6.45) is 0. The molecule has 120 valence electrons. The summed E-state index contributed by atoms with van der Waals surface area (Å²) in [6, 6.07) is 12.3. The molecule has 3 aromatic rings. The Morgan fingerprint density at radius 1 is 1.09 bits per heavy atom. The summed E-state index contributed by atoms with van der Waals surface area (Å²) in [5.74, 6) is 0.923. The number of hydrogen-bond acceptors (Lipinski definition) is 5. The number of benzene rings is 2. The van der Waals surface area contributed by atoms with E-state index in [9.17, 15) is 4.79 Å². The van der Waals surface area contributed by atoms with Crippen LogP contribution >= 0.6 is 0 Å². The van der Waals surface area contributed by atoms with Crippen LogP contribution in [0.5, 0.6) is 11.5 Å². The van der Waals surface area contributed by atoms with E-state index in [0.717, 1.165) is 0 Å². The smallest absolute Gasteiger partial charge is 0.265 e. The molecule has 0 radical (unpaired) electrons. The monoisotopic (exact) mass is 332 g/mol. The standard InChI is InChI=1S/C16H15N3O3.ClH/c1-21-13-8-7-10(9-14(13)22-2)15(20)19-12-6-4-3-5-11(12)18-16(19)17;/h3-9H,1-2H3,(H2,17,18);1H/p-1. The second kappa shape index (κ2) is 6.58. The molecule has 23 heavy (non-hydrogen) atoms. The number of carbonyl (C=O) groups excluding carboxylic acids is 1. The largest absolute Gasteiger partial charge is 1.00 e. The Kier molecular flexibility index (Phi) is 4.76. The van der Waals surface area contributed by atoms with Gasteiger partial charge >= 0.3 is 0 Å². The lowest BCUT2D eigenvalue weighted by Gasteiger charge is -2.10. The van der Waals surface area contributed by atoms with Gasteiger partial charge in [0.25, 0.3) is 5.91 Å². The summed E-state index contributed by atoms with van der Waals surface area (Å²) >= 11 is 0. The third kappa shape index (κ3) is 2.80. The Morgan fingerprint density at radius 3 is 2.48 bits per heavy atom. The van der Waals surface area contributed by atoms with Gasteiger partial charge in [0.15, 0.2) is 11.5 Å². The Hall–Kier alpha value is -2.73. The van der Waals surface area contributed by atoms with Gasteiger partial charge in [0.05, 0.1) is 25.3 Å². The number of halogens is 1. The van der Waals surface area contributed by atoms with Gasteiger partial charge in [0, 0.05) is 5.56 Å². The second-order valence-corrected chi connectivity index (χ2v) is 4.67. The van der Waals surface area contributed by atoms with Crippen LogP contribution in [0.1, 0.15) is 10.4 Å². The molecule has 3 rings (SSSR count). The highest BCUT2D eigenvalue weighted by Crippen LogP contribution is 2.28. The van der Waals surface area contributed by atoms with E-state index in [1.54, 1.807) is 31.4 Å². The number of imidazole rings is 1. The maximum absolute atomic E-state index is 12.8. The molecule has 0 aliphatic carbocycles. The number of hydrogen-bond donors (Lipinski definition) is 1. The molecule has 2 N–H and O–H groups in total. The van der Waals surface area contributed by atoms with Crippen molar-refractivity contribution in [3.05, 3.63) is 48.0 Å². The molecule has 0 amide bonds. The third-order valence-corrected chi connectivity index (χ3v) is 3.42. The third-order valence-electron chi connectivity index (χ3n) is 3.42. The van der Waals surface area contributed by atoms with Gasteiger partial charge in [-0.3, -0.25) is 4.79 Å². The van der Waals surface area contributed by atoms with Gasteiger partial charge in [0.2, 0.25) is 5.95 Å². The van der Waals surface area contributed by atoms with Crippen molar-refractivity contribution in [1.29, 1.82) is 0 Å². The average Bonchev–Trinajstić information content (AvgIpc) is 2.89. The molecule has 1 heterocycles. The van der Waals surface area contributed by atoms with E-state index in [0.29, 0.717) is 28.1 Å². The zero-order valence-electron chi connectivity index (χ0n) is 12.6. The van der Waals surface area contributed by atoms with Crippen LogP contribution in [0.4, 0.5) is 5.95 Å². The number of rotatable bonds is 3. The summed E-state index contributed by atoms with van der Waals surface area (Å²) in [7, 11) is 3.06. The van der Waals surface area contributed by atoms with Crippen molar-refractivity contribution >= 4 is 22.9 Å². The number of nitrogens with zero attached hydrogens (tertiary/aromatic N) is 2. The number of nitrogen functional groups attached to an aromatic ring is 1. The quantitative estimate of drug-likeness (QED) is 0.688. The number of para-hydroxylation sites is 2. The van der Waals surface area contributed by atoms with Crippen molar-refractivity contribution in [2.24, 2.45) is 0 Å². The van der Waals surface area contributed by atoms with E-state index < -0.39 is 0 Å². The van der Waals surface area contributed by atoms with Crippen molar-refractivity contribution in [2.45, 2.75) is 0 Å². The van der Waals surface area contributed by atoms with Gasteiger partial charge < -0.3 is 27.6 Å². The Labute approximate surface area is 139 Å². The molecular formula is C16H15ClN3O3-. The highest BCUT2D eigenvalue weighted by Gasteiger charge is 2.18. The first-order chi connectivity index (χ1) is 10.7. The lowest BCUT2D eigenvalue weighted by Crippen LogP contribution is -3.00. The Morgan fingerprint density at radius 2 is 1.78 bits per heavy atom. The van der Waals surface area contributed by atoms with E-state index >= 15 is 0 Å². The summed E-state index contributed by atoms with van der Waals surface area (Å²) in [6.45, 7) is 0. The first-order valence-electron chi connectivity index (χ1n) is 6.65. The fourth-order valence-electron chi connectivity index (χ4n) is 2.36. The van der Waals surface area contributed by atoms with E-state index in [-0.39, 0.29) is 24.3 Å². The van der Waals surface area contributed by atoms with Gasteiger partial charge in [-0.15, -0.1) is 0 Å². The van der Waals surface area contributed by atoms with Crippen molar-refractivity contribution < 1.29 is 26.7 Å². The van der Waals surface area contributed by atoms with E-state index in [2.05, 4.69) is 4.98 Å². The SMILES string of the molecule is COc1ccc(C(=O)n2c(N)nc3ccccc32)cc1OC.[Cl-]. The molecular weight excluding hydrogens is 318 g/mol. The van der Waals surface area contributed by atoms with Crippen LogP contribution in [0.3, 0.4) is 0 Å². The molecule has 6 nitrogen and oxygen atoms in total. The summed E-state index contributed by atoms with van der Waals surface area (Å²) in [5, 5.41) is 0. The fourth-order valence-corrected chi connectivity index (χ4v) is 2.36. The number of carbonyl (C=O) groups is 1. The highest BCUT2D eigenvalue weighted by molar-refractivity contribution is 6.03. The Bertz CT molecular complexity index is 861. The lowest BCUT2D eigenvalue weighted by molar-refractivity contribution is -0.0000134. The van der Waals surface area contributed by atoms with Crippen LogP contribution in [0, 0.1) is 0 Å². The van der Waals surface area contributed by atoms with Crippen LogP contribution in [-0.2, 0) is 0 Å². The molecule has 0 saturated heterocycles. The Balaban J connectivity index is 0.00000192. The van der Waals surface area contributed by atoms with Gasteiger partial charge in [-0.05, 0) is 30.3 Å². The molecule has 0 aliphatic rings. The summed E-state index contributed by atoms with van der Waals surface area (Å²) in [5.41, 5.74) is 7.67. The average molecular weight is 333 g/mol. The second-order valence-electron chi connectivity index (χ2n) is 4.67. The van der Waals surface area contributed by atoms with Crippen LogP contribution in [0.15, 0.2) is 42.5 Å². The minimum atomic E-state index is -0.271. The molecule has 0 fully saturated rings. The summed E-state index contributed by atoms with van der Waals surface area (Å²) in [4.78, 5) is 17.0. The predicted molar refractivity (Wildman–Crippen MR) is 83.4 cm³/mol. The molecule has 0 atom stereocenters. The van der Waals surface area contributed by atoms with Crippen molar-refractivity contribution in [3.63, 3.8) is 0 Å². The van der Waals surface area contributed by atoms with E-state index in [1.807, 2.05) is 18.2 Å². The molecule has 7 heteroatoms. The van der Waals surface area contributed by atoms with Crippen LogP contribution in [0.25, 0.3) is 11.0 Å². The number of fused-ring (bicyclic) bond motifs is 1. The minimum Gasteiger partial charge on any atom is -1.00 e. The number of anilines is 1. The van der Waals surface area contributed by atoms with Crippen LogP contribution in [-0.4, -0.2) is 29.7 Å². The number of nitrogens with two attached hydrogens (primary N) is 1. The topological polar surface area (TPSA) is 79.4 Å². The van der Waals surface area contributed by atoms with Gasteiger partial charge in [-0.1, -0.05) is 12.1 Å². The molecule has 0 bridgehead atoms. The van der Waals surface area contributed by atoms with E-state index in [1.165, 1.54) is 11.7 Å². The predicted octanol–water partition coefficient (Wildman–Crippen LogP) is -0.672. The van der Waals surface area contributed by atoms with Crippen molar-refractivity contribution in [3.8, 4) is 11.5 Å². The van der Waals surface area contributed by atoms with Gasteiger partial charge in [0.1, 0.15) is 0 Å². The summed E-state index contributed by atoms with van der Waals surface area (Å²) < 4.78 is 11.8. The van der Waals surface area contributed by atoms with Crippen molar-refractivity contribution in [1.82, 2.24) is 9.55 Å². The first-order valence-corrected chi connectivity index (χ1v) is 6.65. The molecule has 0 aliphatic heterocycles.